The van der Waals surface area contributed by atoms with Crippen LogP contribution in [0, 0.1) is 0 Å². The van der Waals surface area contributed by atoms with Crippen molar-refractivity contribution in [2.24, 2.45) is 5.73 Å². The minimum absolute atomic E-state index is 0.370. The molecule has 12 heavy (non-hydrogen) atoms. The summed E-state index contributed by atoms with van der Waals surface area (Å²) in [7, 11) is 0. The number of nitrogens with two attached hydrogens (primary N) is 1. The molecular weight excluding hydrogens is 180 g/mol. The van der Waals surface area contributed by atoms with E-state index in [0.29, 0.717) is 5.75 Å². The Morgan fingerprint density at radius 1 is 1.75 bits per heavy atom. The monoisotopic (exact) mass is 190 g/mol. The summed E-state index contributed by atoms with van der Waals surface area (Å²) >= 11 is 1.22. The van der Waals surface area contributed by atoms with E-state index < -0.39 is 22.8 Å². The second kappa shape index (κ2) is 2.95. The summed E-state index contributed by atoms with van der Waals surface area (Å²) in [5.41, 5.74) is 5.08. The fraction of sp³-hybridized carbons (Fsp3) is 0.667. The largest absolute Gasteiger partial charge is 0.480 e. The average Bonchev–Trinajstić information content (AvgIpc) is 2.33. The van der Waals surface area contributed by atoms with Gasteiger partial charge in [-0.15, -0.1) is 11.8 Å². The van der Waals surface area contributed by atoms with Crippen LogP contribution >= 0.6 is 11.8 Å². The van der Waals surface area contributed by atoms with E-state index in [4.69, 9.17) is 10.8 Å². The zero-order valence-corrected chi connectivity index (χ0v) is 7.35. The van der Waals surface area contributed by atoms with E-state index in [1.165, 1.54) is 11.8 Å². The van der Waals surface area contributed by atoms with Gasteiger partial charge < -0.3 is 10.8 Å². The molecule has 1 rings (SSSR count). The Morgan fingerprint density at radius 2 is 2.33 bits per heavy atom. The minimum atomic E-state index is -0.951. The number of rotatable bonds is 2. The van der Waals surface area contributed by atoms with Crippen molar-refractivity contribution in [1.82, 2.24) is 5.32 Å². The molecule has 1 amide bonds. The molecule has 1 aliphatic heterocycles. The fourth-order valence-corrected chi connectivity index (χ4v) is 2.03. The number of aliphatic carboxylic acids is 1. The summed E-state index contributed by atoms with van der Waals surface area (Å²) in [5, 5.41) is 11.3. The molecule has 0 bridgehead atoms. The molecule has 1 fully saturated rings. The molecule has 0 spiro atoms. The Labute approximate surface area is 73.7 Å². The van der Waals surface area contributed by atoms with Gasteiger partial charge in [0.25, 0.3) is 0 Å². The number of carboxylic acids is 1. The fourth-order valence-electron chi connectivity index (χ4n) is 0.941. The lowest BCUT2D eigenvalue weighted by Crippen LogP contribution is -2.51. The molecule has 2 atom stereocenters. The van der Waals surface area contributed by atoms with Gasteiger partial charge in [0.05, 0.1) is 0 Å². The minimum Gasteiger partial charge on any atom is -0.480 e. The van der Waals surface area contributed by atoms with Gasteiger partial charge in [0.1, 0.15) is 10.9 Å². The number of carbonyl (C=O) groups is 2. The molecule has 0 aromatic heterocycles. The molecule has 0 aliphatic carbocycles. The van der Waals surface area contributed by atoms with Crippen LogP contribution < -0.4 is 11.1 Å². The van der Waals surface area contributed by atoms with Crippen LogP contribution in [0.5, 0.6) is 0 Å². The van der Waals surface area contributed by atoms with E-state index in [-0.39, 0.29) is 0 Å². The first-order valence-corrected chi connectivity index (χ1v) is 4.38. The lowest BCUT2D eigenvalue weighted by molar-refractivity contribution is -0.139. The van der Waals surface area contributed by atoms with Crippen molar-refractivity contribution in [3.8, 4) is 0 Å². The predicted molar refractivity (Wildman–Crippen MR) is 44.6 cm³/mol. The van der Waals surface area contributed by atoms with E-state index in [9.17, 15) is 9.59 Å². The normalized spacial score (nSPS) is 34.9. The third kappa shape index (κ3) is 1.54. The van der Waals surface area contributed by atoms with Gasteiger partial charge in [0.2, 0.25) is 5.91 Å². The number of nitrogens with one attached hydrogen (secondary N) is 1. The van der Waals surface area contributed by atoms with Crippen LogP contribution in [0.4, 0.5) is 0 Å². The Kier molecular flexibility index (Phi) is 2.29. The second-order valence-corrected chi connectivity index (χ2v) is 4.18. The summed E-state index contributed by atoms with van der Waals surface area (Å²) in [6, 6.07) is -0.674. The Morgan fingerprint density at radius 3 is 2.58 bits per heavy atom. The maximum Gasteiger partial charge on any atom is 0.321 e. The van der Waals surface area contributed by atoms with Gasteiger partial charge in [-0.1, -0.05) is 0 Å². The lowest BCUT2D eigenvalue weighted by Gasteiger charge is -2.18. The summed E-state index contributed by atoms with van der Waals surface area (Å²) < 4.78 is 0. The molecule has 4 N–H and O–H groups in total. The Balaban J connectivity index is 2.67. The highest BCUT2D eigenvalue weighted by Crippen LogP contribution is 2.29. The number of amides is 1. The van der Waals surface area contributed by atoms with Crippen molar-refractivity contribution in [2.75, 3.05) is 5.75 Å². The molecule has 1 aliphatic rings. The van der Waals surface area contributed by atoms with Gasteiger partial charge in [0, 0.05) is 5.75 Å². The first kappa shape index (κ1) is 9.34. The summed E-state index contributed by atoms with van der Waals surface area (Å²) in [6.07, 6.45) is 0. The highest BCUT2D eigenvalue weighted by atomic mass is 32.2. The Hall–Kier alpha value is -0.750. The van der Waals surface area contributed by atoms with E-state index in [2.05, 4.69) is 5.32 Å². The summed E-state index contributed by atoms with van der Waals surface area (Å²) in [5.74, 6) is -1.11. The van der Waals surface area contributed by atoms with Crippen LogP contribution in [0.3, 0.4) is 0 Å². The first-order chi connectivity index (χ1) is 5.46. The third-order valence-electron chi connectivity index (χ3n) is 1.76. The van der Waals surface area contributed by atoms with Gasteiger partial charge in [-0.3, -0.25) is 14.9 Å². The summed E-state index contributed by atoms with van der Waals surface area (Å²) in [4.78, 5) is 20.4. The maximum atomic E-state index is 10.8. The van der Waals surface area contributed by atoms with Crippen molar-refractivity contribution < 1.29 is 14.7 Å². The second-order valence-electron chi connectivity index (χ2n) is 2.74. The number of carboxylic acid groups (broad SMARTS) is 1. The van der Waals surface area contributed by atoms with E-state index in [0.717, 1.165) is 0 Å². The molecule has 0 saturated carbocycles. The molecule has 2 unspecified atom stereocenters. The lowest BCUT2D eigenvalue weighted by atomic mass is 10.2. The zero-order valence-electron chi connectivity index (χ0n) is 6.53. The molecule has 0 radical (unpaired) electrons. The number of thioether (sulfide) groups is 1. The smallest absolute Gasteiger partial charge is 0.321 e. The topological polar surface area (TPSA) is 92.4 Å². The van der Waals surface area contributed by atoms with E-state index >= 15 is 0 Å². The van der Waals surface area contributed by atoms with Crippen molar-refractivity contribution in [3.05, 3.63) is 0 Å². The van der Waals surface area contributed by atoms with Gasteiger partial charge >= 0.3 is 5.97 Å². The van der Waals surface area contributed by atoms with Crippen molar-refractivity contribution in [1.29, 1.82) is 0 Å². The average molecular weight is 190 g/mol. The molecule has 1 heterocycles. The first-order valence-electron chi connectivity index (χ1n) is 3.40. The van der Waals surface area contributed by atoms with Crippen molar-refractivity contribution >= 4 is 23.6 Å². The van der Waals surface area contributed by atoms with Crippen LogP contribution in [0.25, 0.3) is 0 Å². The zero-order chi connectivity index (χ0) is 9.35. The third-order valence-corrected chi connectivity index (χ3v) is 3.15. The Bertz CT molecular complexity index is 233. The number of primary amides is 1. The van der Waals surface area contributed by atoms with E-state index in [1.54, 1.807) is 6.92 Å². The highest BCUT2D eigenvalue weighted by Gasteiger charge is 2.42. The summed E-state index contributed by atoms with van der Waals surface area (Å²) in [6.45, 7) is 1.59. The molecule has 0 aromatic rings. The molecule has 68 valence electrons. The van der Waals surface area contributed by atoms with Crippen molar-refractivity contribution in [2.45, 2.75) is 17.8 Å². The molecule has 1 saturated heterocycles. The predicted octanol–water partition coefficient (Wildman–Crippen LogP) is -1.02. The van der Waals surface area contributed by atoms with Gasteiger partial charge in [0.15, 0.2) is 0 Å². The van der Waals surface area contributed by atoms with Gasteiger partial charge in [-0.05, 0) is 6.92 Å². The number of hydrogen-bond donors (Lipinski definition) is 3. The maximum absolute atomic E-state index is 10.8. The number of hydrogen-bond acceptors (Lipinski definition) is 4. The van der Waals surface area contributed by atoms with Crippen LogP contribution in [0.2, 0.25) is 0 Å². The quantitative estimate of drug-likeness (QED) is 0.518. The van der Waals surface area contributed by atoms with Crippen LogP contribution in [0.15, 0.2) is 0 Å². The van der Waals surface area contributed by atoms with E-state index in [1.807, 2.05) is 0 Å². The molecule has 6 heteroatoms. The standard InChI is InChI=1S/C6H10N2O3S/c1-6(5(7)11)8-3(2-12-6)4(9)10/h3,8H,2H2,1H3,(H2,7,11)(H,9,10). The molecule has 5 nitrogen and oxygen atoms in total. The number of carbonyl (C=O) groups excluding carboxylic acids is 1. The van der Waals surface area contributed by atoms with Gasteiger partial charge in [-0.25, -0.2) is 0 Å². The molecule has 0 aromatic carbocycles. The van der Waals surface area contributed by atoms with Crippen LogP contribution in [0.1, 0.15) is 6.92 Å². The van der Waals surface area contributed by atoms with Crippen LogP contribution in [-0.2, 0) is 9.59 Å². The van der Waals surface area contributed by atoms with Gasteiger partial charge in [-0.2, -0.15) is 0 Å². The molecular formula is C6H10N2O3S. The van der Waals surface area contributed by atoms with Crippen LogP contribution in [-0.4, -0.2) is 33.6 Å². The van der Waals surface area contributed by atoms with Crippen molar-refractivity contribution in [3.63, 3.8) is 0 Å². The highest BCUT2D eigenvalue weighted by molar-refractivity contribution is 8.01. The SMILES string of the molecule is CC1(C(N)=O)NC(C(=O)O)CS1.